The van der Waals surface area contributed by atoms with Crippen LogP contribution in [0.3, 0.4) is 0 Å². The molecule has 0 bridgehead atoms. The number of Topliss-reactive ketones (excluding diaryl/α,β-unsaturated/α-hetero) is 1. The van der Waals surface area contributed by atoms with Gasteiger partial charge in [0.2, 0.25) is 0 Å². The molecule has 5 nitrogen and oxygen atoms in total. The van der Waals surface area contributed by atoms with Gasteiger partial charge in [0.25, 0.3) is 0 Å². The number of ether oxygens (including phenoxy) is 2. The van der Waals surface area contributed by atoms with E-state index in [-0.39, 0.29) is 29.4 Å². The molecule has 1 aromatic rings. The Morgan fingerprint density at radius 3 is 2.40 bits per heavy atom. The van der Waals surface area contributed by atoms with Gasteiger partial charge in [-0.15, -0.1) is 0 Å². The van der Waals surface area contributed by atoms with Crippen molar-refractivity contribution >= 4 is 17.5 Å². The molecule has 1 aromatic carbocycles. The summed E-state index contributed by atoms with van der Waals surface area (Å²) in [6.07, 6.45) is 0.876. The molecule has 0 N–H and O–H groups in total. The topological polar surface area (TPSA) is 65.0 Å². The van der Waals surface area contributed by atoms with E-state index in [2.05, 4.69) is 13.8 Å². The first-order valence-electron chi connectivity index (χ1n) is 10.8. The maximum absolute atomic E-state index is 13.3. The fourth-order valence-corrected chi connectivity index (χ4v) is 4.49. The SMILES string of the molecule is CC1=NC2=C(C(=O)CC(C)(C)C2)[C@@H](c2ccccc2OC(C)C)C1C(=O)OC(C)C. The van der Waals surface area contributed by atoms with Crippen molar-refractivity contribution in [1.29, 1.82) is 0 Å². The van der Waals surface area contributed by atoms with Gasteiger partial charge in [-0.05, 0) is 52.5 Å². The Morgan fingerprint density at radius 2 is 1.77 bits per heavy atom. The van der Waals surface area contributed by atoms with Crippen LogP contribution in [0.4, 0.5) is 0 Å². The Labute approximate surface area is 179 Å². The number of ketones is 1. The Hall–Kier alpha value is -2.43. The summed E-state index contributed by atoms with van der Waals surface area (Å²) in [6.45, 7) is 13.6. The highest BCUT2D eigenvalue weighted by Gasteiger charge is 2.47. The molecule has 0 saturated heterocycles. The number of aliphatic imine (C=N–C) groups is 1. The number of hydrogen-bond donors (Lipinski definition) is 0. The molecule has 3 rings (SSSR count). The first-order chi connectivity index (χ1) is 14.0. The van der Waals surface area contributed by atoms with Gasteiger partial charge in [-0.1, -0.05) is 32.0 Å². The van der Waals surface area contributed by atoms with E-state index in [9.17, 15) is 9.59 Å². The maximum atomic E-state index is 13.3. The first-order valence-corrected chi connectivity index (χ1v) is 10.8. The smallest absolute Gasteiger partial charge is 0.315 e. The van der Waals surface area contributed by atoms with Gasteiger partial charge in [-0.25, -0.2) is 0 Å². The third-order valence-corrected chi connectivity index (χ3v) is 5.52. The summed E-state index contributed by atoms with van der Waals surface area (Å²) in [5, 5.41) is 0. The van der Waals surface area contributed by atoms with E-state index in [1.165, 1.54) is 0 Å². The molecule has 5 heteroatoms. The lowest BCUT2D eigenvalue weighted by molar-refractivity contribution is -0.150. The molecule has 1 heterocycles. The van der Waals surface area contributed by atoms with E-state index in [4.69, 9.17) is 14.5 Å². The van der Waals surface area contributed by atoms with E-state index >= 15 is 0 Å². The highest BCUT2D eigenvalue weighted by molar-refractivity contribution is 6.09. The van der Waals surface area contributed by atoms with Gasteiger partial charge in [0.15, 0.2) is 5.78 Å². The zero-order valence-corrected chi connectivity index (χ0v) is 19.1. The van der Waals surface area contributed by atoms with Crippen molar-refractivity contribution in [1.82, 2.24) is 0 Å². The molecular weight excluding hydrogens is 378 g/mol. The summed E-state index contributed by atoms with van der Waals surface area (Å²) in [4.78, 5) is 31.3. The fraction of sp³-hybridized carbons (Fsp3) is 0.560. The highest BCUT2D eigenvalue weighted by atomic mass is 16.5. The summed E-state index contributed by atoms with van der Waals surface area (Å²) in [5.74, 6) is -0.696. The number of esters is 1. The van der Waals surface area contributed by atoms with Crippen LogP contribution in [0, 0.1) is 11.3 Å². The molecule has 30 heavy (non-hydrogen) atoms. The van der Waals surface area contributed by atoms with Crippen LogP contribution in [-0.4, -0.2) is 29.7 Å². The first kappa shape index (κ1) is 22.3. The van der Waals surface area contributed by atoms with Gasteiger partial charge in [0, 0.05) is 34.9 Å². The minimum Gasteiger partial charge on any atom is -0.491 e. The monoisotopic (exact) mass is 411 g/mol. The van der Waals surface area contributed by atoms with Crippen molar-refractivity contribution in [3.05, 3.63) is 41.1 Å². The lowest BCUT2D eigenvalue weighted by Gasteiger charge is -2.39. The molecule has 0 radical (unpaired) electrons. The third kappa shape index (κ3) is 4.50. The Balaban J connectivity index is 2.20. The van der Waals surface area contributed by atoms with Gasteiger partial charge in [-0.2, -0.15) is 0 Å². The summed E-state index contributed by atoms with van der Waals surface area (Å²) in [6, 6.07) is 7.69. The van der Waals surface area contributed by atoms with Crippen molar-refractivity contribution in [3.63, 3.8) is 0 Å². The van der Waals surface area contributed by atoms with Gasteiger partial charge in [-0.3, -0.25) is 14.6 Å². The third-order valence-electron chi connectivity index (χ3n) is 5.52. The lowest BCUT2D eigenvalue weighted by atomic mass is 9.66. The van der Waals surface area contributed by atoms with Crippen LogP contribution in [0.15, 0.2) is 40.5 Å². The summed E-state index contributed by atoms with van der Waals surface area (Å²) in [7, 11) is 0. The van der Waals surface area contributed by atoms with E-state index in [0.717, 1.165) is 11.3 Å². The molecule has 2 atom stereocenters. The van der Waals surface area contributed by atoms with Crippen LogP contribution in [0.25, 0.3) is 0 Å². The van der Waals surface area contributed by atoms with Crippen molar-refractivity contribution in [3.8, 4) is 5.75 Å². The molecule has 0 aromatic heterocycles. The number of allylic oxidation sites excluding steroid dienone is 2. The molecule has 1 aliphatic carbocycles. The summed E-state index contributed by atoms with van der Waals surface area (Å²) in [5.41, 5.74) is 2.82. The number of carbonyl (C=O) groups is 2. The van der Waals surface area contributed by atoms with Crippen molar-refractivity contribution < 1.29 is 19.1 Å². The normalized spacial score (nSPS) is 23.4. The van der Waals surface area contributed by atoms with Crippen molar-refractivity contribution in [2.24, 2.45) is 16.3 Å². The van der Waals surface area contributed by atoms with E-state index in [0.29, 0.717) is 29.9 Å². The standard InChI is InChI=1S/C25H33NO4/c1-14(2)29-20-11-9-8-10-17(20)22-21(24(28)30-15(3)4)16(5)26-18-12-25(6,7)13-19(27)23(18)22/h8-11,14-15,21-22H,12-13H2,1-7H3/t21?,22-/m0/s1. The zero-order valence-electron chi connectivity index (χ0n) is 19.1. The minimum absolute atomic E-state index is 0.0278. The quantitative estimate of drug-likeness (QED) is 0.621. The molecule has 0 amide bonds. The average Bonchev–Trinajstić information content (AvgIpc) is 2.58. The van der Waals surface area contributed by atoms with Gasteiger partial charge >= 0.3 is 5.97 Å². The molecule has 1 aliphatic heterocycles. The van der Waals surface area contributed by atoms with Gasteiger partial charge in [0.1, 0.15) is 11.7 Å². The fourth-order valence-electron chi connectivity index (χ4n) is 4.49. The summed E-state index contributed by atoms with van der Waals surface area (Å²) >= 11 is 0. The van der Waals surface area contributed by atoms with E-state index in [1.807, 2.05) is 58.9 Å². The predicted molar refractivity (Wildman–Crippen MR) is 118 cm³/mol. The molecule has 0 fully saturated rings. The molecule has 0 spiro atoms. The molecule has 1 unspecified atom stereocenters. The van der Waals surface area contributed by atoms with Gasteiger partial charge < -0.3 is 9.47 Å². The predicted octanol–water partition coefficient (Wildman–Crippen LogP) is 5.24. The van der Waals surface area contributed by atoms with Crippen LogP contribution in [0.2, 0.25) is 0 Å². The molecular formula is C25H33NO4. The Morgan fingerprint density at radius 1 is 1.10 bits per heavy atom. The van der Waals surface area contributed by atoms with E-state index < -0.39 is 11.8 Å². The Kier molecular flexibility index (Phi) is 6.21. The zero-order chi connectivity index (χ0) is 22.2. The largest absolute Gasteiger partial charge is 0.491 e. The molecule has 2 aliphatic rings. The Bertz CT molecular complexity index is 907. The lowest BCUT2D eigenvalue weighted by Crippen LogP contribution is -2.40. The molecule has 162 valence electrons. The second-order valence-corrected chi connectivity index (χ2v) is 9.70. The van der Waals surface area contributed by atoms with Crippen LogP contribution in [0.5, 0.6) is 5.75 Å². The number of hydrogen-bond acceptors (Lipinski definition) is 5. The second-order valence-electron chi connectivity index (χ2n) is 9.70. The number of nitrogens with zero attached hydrogens (tertiary/aromatic N) is 1. The van der Waals surface area contributed by atoms with Crippen LogP contribution >= 0.6 is 0 Å². The highest BCUT2D eigenvalue weighted by Crippen LogP contribution is 2.49. The van der Waals surface area contributed by atoms with Crippen LogP contribution < -0.4 is 4.74 Å². The number of carbonyl (C=O) groups excluding carboxylic acids is 2. The number of benzene rings is 1. The van der Waals surface area contributed by atoms with Crippen LogP contribution in [0.1, 0.15) is 72.8 Å². The van der Waals surface area contributed by atoms with Crippen LogP contribution in [-0.2, 0) is 14.3 Å². The maximum Gasteiger partial charge on any atom is 0.315 e. The summed E-state index contributed by atoms with van der Waals surface area (Å²) < 4.78 is 11.7. The molecule has 0 saturated carbocycles. The van der Waals surface area contributed by atoms with Crippen molar-refractivity contribution in [2.45, 2.75) is 79.4 Å². The van der Waals surface area contributed by atoms with Gasteiger partial charge in [0.05, 0.1) is 12.2 Å². The number of para-hydroxylation sites is 1. The minimum atomic E-state index is -0.645. The second kappa shape index (κ2) is 8.37. The average molecular weight is 412 g/mol. The van der Waals surface area contributed by atoms with E-state index in [1.54, 1.807) is 0 Å². The van der Waals surface area contributed by atoms with Crippen molar-refractivity contribution in [2.75, 3.05) is 0 Å². The number of rotatable bonds is 5.